The van der Waals surface area contributed by atoms with Crippen molar-refractivity contribution in [3.8, 4) is 0 Å². The van der Waals surface area contributed by atoms with Gasteiger partial charge in [-0.05, 0) is 48.8 Å². The van der Waals surface area contributed by atoms with Crippen LogP contribution in [0.15, 0.2) is 18.2 Å². The molecule has 0 aliphatic carbocycles. The molecule has 0 aromatic heterocycles. The van der Waals surface area contributed by atoms with Crippen molar-refractivity contribution in [1.29, 1.82) is 0 Å². The molecule has 1 atom stereocenters. The van der Waals surface area contributed by atoms with Crippen LogP contribution in [0.5, 0.6) is 0 Å². The smallest absolute Gasteiger partial charge is 0.211 e. The SMILES string of the molecule is CS(=O)(=O)N1CCC([C@@H](CCO)c2cc(F)cc(F)c2)CC1. The lowest BCUT2D eigenvalue weighted by Crippen LogP contribution is -2.39. The lowest BCUT2D eigenvalue weighted by atomic mass is 9.78. The van der Waals surface area contributed by atoms with E-state index in [9.17, 15) is 22.3 Å². The average Bonchev–Trinajstić information content (AvgIpc) is 2.43. The van der Waals surface area contributed by atoms with Crippen LogP contribution in [0, 0.1) is 17.6 Å². The maximum atomic E-state index is 13.4. The number of hydrogen-bond donors (Lipinski definition) is 1. The van der Waals surface area contributed by atoms with Crippen molar-refractivity contribution in [2.24, 2.45) is 5.92 Å². The molecule has 0 unspecified atom stereocenters. The molecule has 1 aliphatic heterocycles. The Labute approximate surface area is 129 Å². The highest BCUT2D eigenvalue weighted by Crippen LogP contribution is 2.36. The molecular weight excluding hydrogens is 312 g/mol. The van der Waals surface area contributed by atoms with E-state index in [-0.39, 0.29) is 18.4 Å². The fraction of sp³-hybridized carbons (Fsp3) is 0.600. The number of halogens is 2. The van der Waals surface area contributed by atoms with Crippen LogP contribution in [0.1, 0.15) is 30.7 Å². The van der Waals surface area contributed by atoms with Crippen molar-refractivity contribution in [2.75, 3.05) is 26.0 Å². The van der Waals surface area contributed by atoms with E-state index in [4.69, 9.17) is 0 Å². The lowest BCUT2D eigenvalue weighted by Gasteiger charge is -2.35. The van der Waals surface area contributed by atoms with Gasteiger partial charge in [-0.3, -0.25) is 0 Å². The van der Waals surface area contributed by atoms with Crippen LogP contribution in [0.2, 0.25) is 0 Å². The topological polar surface area (TPSA) is 57.6 Å². The van der Waals surface area contributed by atoms with E-state index in [0.29, 0.717) is 37.9 Å². The Kier molecular flexibility index (Phi) is 5.52. The second kappa shape index (κ2) is 7.02. The summed E-state index contributed by atoms with van der Waals surface area (Å²) >= 11 is 0. The van der Waals surface area contributed by atoms with Crippen LogP contribution in [0.4, 0.5) is 8.78 Å². The number of rotatable bonds is 5. The fourth-order valence-corrected chi connectivity index (χ4v) is 4.09. The van der Waals surface area contributed by atoms with Gasteiger partial charge in [0.25, 0.3) is 0 Å². The van der Waals surface area contributed by atoms with Gasteiger partial charge in [0.05, 0.1) is 6.26 Å². The Morgan fingerprint density at radius 2 is 1.77 bits per heavy atom. The normalized spacial score (nSPS) is 19.3. The molecule has 4 nitrogen and oxygen atoms in total. The van der Waals surface area contributed by atoms with Gasteiger partial charge in [-0.15, -0.1) is 0 Å². The second-order valence-electron chi connectivity index (χ2n) is 5.82. The number of piperidine rings is 1. The summed E-state index contributed by atoms with van der Waals surface area (Å²) in [6.45, 7) is 0.738. The van der Waals surface area contributed by atoms with Gasteiger partial charge in [-0.25, -0.2) is 21.5 Å². The summed E-state index contributed by atoms with van der Waals surface area (Å²) in [7, 11) is -3.20. The van der Waals surface area contributed by atoms with Gasteiger partial charge in [0.15, 0.2) is 0 Å². The summed E-state index contributed by atoms with van der Waals surface area (Å²) in [4.78, 5) is 0. The van der Waals surface area contributed by atoms with Crippen LogP contribution in [-0.2, 0) is 10.0 Å². The molecule has 1 heterocycles. The first-order valence-corrected chi connectivity index (χ1v) is 9.18. The summed E-state index contributed by atoms with van der Waals surface area (Å²) in [5, 5.41) is 9.25. The predicted molar refractivity (Wildman–Crippen MR) is 79.9 cm³/mol. The molecule has 0 bridgehead atoms. The number of benzene rings is 1. The number of nitrogens with zero attached hydrogens (tertiary/aromatic N) is 1. The standard InChI is InChI=1S/C15H21F2NO3S/c1-22(20,21)18-5-2-11(3-6-18)15(4-7-19)12-8-13(16)10-14(17)9-12/h8-11,15,19H,2-7H2,1H3/t15-/m1/s1. The van der Waals surface area contributed by atoms with Crippen molar-refractivity contribution >= 4 is 10.0 Å². The highest BCUT2D eigenvalue weighted by molar-refractivity contribution is 7.88. The van der Waals surface area contributed by atoms with E-state index in [0.717, 1.165) is 6.07 Å². The zero-order valence-corrected chi connectivity index (χ0v) is 13.3. The number of hydrogen-bond acceptors (Lipinski definition) is 3. The van der Waals surface area contributed by atoms with E-state index < -0.39 is 21.7 Å². The molecule has 1 aliphatic rings. The van der Waals surface area contributed by atoms with Crippen molar-refractivity contribution in [1.82, 2.24) is 4.31 Å². The zero-order chi connectivity index (χ0) is 16.3. The van der Waals surface area contributed by atoms with Crippen molar-refractivity contribution < 1.29 is 22.3 Å². The summed E-state index contributed by atoms with van der Waals surface area (Å²) < 4.78 is 51.3. The predicted octanol–water partition coefficient (Wildman–Crippen LogP) is 2.10. The molecule has 0 spiro atoms. The van der Waals surface area contributed by atoms with Crippen molar-refractivity contribution in [3.63, 3.8) is 0 Å². The molecule has 0 saturated carbocycles. The monoisotopic (exact) mass is 333 g/mol. The molecule has 1 aromatic rings. The maximum Gasteiger partial charge on any atom is 0.211 e. The third kappa shape index (κ3) is 4.24. The summed E-state index contributed by atoms with van der Waals surface area (Å²) in [6, 6.07) is 3.42. The van der Waals surface area contributed by atoms with Crippen LogP contribution in [0.3, 0.4) is 0 Å². The van der Waals surface area contributed by atoms with Gasteiger partial charge in [-0.1, -0.05) is 0 Å². The molecule has 0 radical (unpaired) electrons. The van der Waals surface area contributed by atoms with Crippen LogP contribution < -0.4 is 0 Å². The number of sulfonamides is 1. The van der Waals surface area contributed by atoms with Crippen molar-refractivity contribution in [2.45, 2.75) is 25.2 Å². The summed E-state index contributed by atoms with van der Waals surface area (Å²) in [5.41, 5.74) is 0.532. The van der Waals surface area contributed by atoms with Crippen LogP contribution in [-0.4, -0.2) is 43.8 Å². The average molecular weight is 333 g/mol. The number of aliphatic hydroxyl groups excluding tert-OH is 1. The minimum Gasteiger partial charge on any atom is -0.396 e. The molecule has 1 aromatic carbocycles. The van der Waals surface area contributed by atoms with Gasteiger partial charge in [0, 0.05) is 25.8 Å². The van der Waals surface area contributed by atoms with E-state index in [1.807, 2.05) is 0 Å². The second-order valence-corrected chi connectivity index (χ2v) is 7.80. The highest BCUT2D eigenvalue weighted by atomic mass is 32.2. The highest BCUT2D eigenvalue weighted by Gasteiger charge is 2.30. The molecule has 2 rings (SSSR count). The van der Waals surface area contributed by atoms with Gasteiger partial charge >= 0.3 is 0 Å². The fourth-order valence-electron chi connectivity index (χ4n) is 3.21. The Morgan fingerprint density at radius 3 is 2.23 bits per heavy atom. The minimum absolute atomic E-state index is 0.0743. The molecule has 1 fully saturated rings. The lowest BCUT2D eigenvalue weighted by molar-refractivity contribution is 0.206. The Bertz CT molecular complexity index is 593. The van der Waals surface area contributed by atoms with Gasteiger partial charge < -0.3 is 5.11 Å². The Balaban J connectivity index is 2.16. The number of aliphatic hydroxyl groups is 1. The molecule has 1 N–H and O–H groups in total. The molecule has 7 heteroatoms. The molecule has 22 heavy (non-hydrogen) atoms. The van der Waals surface area contributed by atoms with Crippen LogP contribution >= 0.6 is 0 Å². The van der Waals surface area contributed by atoms with E-state index in [1.165, 1.54) is 22.7 Å². The summed E-state index contributed by atoms with van der Waals surface area (Å²) in [5.74, 6) is -1.33. The van der Waals surface area contributed by atoms with E-state index in [2.05, 4.69) is 0 Å². The first-order chi connectivity index (χ1) is 10.3. The molecule has 0 amide bonds. The zero-order valence-electron chi connectivity index (χ0n) is 12.5. The van der Waals surface area contributed by atoms with Crippen molar-refractivity contribution in [3.05, 3.63) is 35.4 Å². The molecule has 124 valence electrons. The first-order valence-electron chi connectivity index (χ1n) is 7.33. The van der Waals surface area contributed by atoms with Gasteiger partial charge in [-0.2, -0.15) is 0 Å². The third-order valence-electron chi connectivity index (χ3n) is 4.29. The largest absolute Gasteiger partial charge is 0.396 e. The maximum absolute atomic E-state index is 13.4. The molecular formula is C15H21F2NO3S. The minimum atomic E-state index is -3.20. The first kappa shape index (κ1) is 17.3. The third-order valence-corrected chi connectivity index (χ3v) is 5.59. The molecule has 1 saturated heterocycles. The van der Waals surface area contributed by atoms with Gasteiger partial charge in [0.2, 0.25) is 10.0 Å². The van der Waals surface area contributed by atoms with Crippen LogP contribution in [0.25, 0.3) is 0 Å². The Hall–Kier alpha value is -1.05. The van der Waals surface area contributed by atoms with E-state index in [1.54, 1.807) is 0 Å². The Morgan fingerprint density at radius 1 is 1.23 bits per heavy atom. The van der Waals surface area contributed by atoms with Gasteiger partial charge in [0.1, 0.15) is 11.6 Å². The quantitative estimate of drug-likeness (QED) is 0.898. The summed E-state index contributed by atoms with van der Waals surface area (Å²) in [6.07, 6.45) is 2.83. The van der Waals surface area contributed by atoms with E-state index >= 15 is 0 Å².